The highest BCUT2D eigenvalue weighted by Crippen LogP contribution is 2.24. The summed E-state index contributed by atoms with van der Waals surface area (Å²) in [5.74, 6) is 0.0718. The molecule has 1 aliphatic rings. The largest absolute Gasteiger partial charge is 0.362 e. The van der Waals surface area contributed by atoms with Crippen molar-refractivity contribution in [3.63, 3.8) is 0 Å². The molecule has 2 heterocycles. The quantitative estimate of drug-likeness (QED) is 0.798. The van der Waals surface area contributed by atoms with Crippen molar-refractivity contribution in [2.24, 2.45) is 5.73 Å². The Morgan fingerprint density at radius 1 is 1.50 bits per heavy atom. The Bertz CT molecular complexity index is 459. The van der Waals surface area contributed by atoms with E-state index < -0.39 is 0 Å². The van der Waals surface area contributed by atoms with Crippen LogP contribution < -0.4 is 16.0 Å². The molecule has 0 aromatic carbocycles. The normalized spacial score (nSPS) is 16.4. The molecule has 98 valence electrons. The van der Waals surface area contributed by atoms with Gasteiger partial charge in [0.05, 0.1) is 6.54 Å². The van der Waals surface area contributed by atoms with E-state index in [0.29, 0.717) is 13.1 Å². The van der Waals surface area contributed by atoms with Crippen LogP contribution in [0.5, 0.6) is 0 Å². The van der Waals surface area contributed by atoms with Crippen LogP contribution in [0.2, 0.25) is 0 Å². The maximum Gasteiger partial charge on any atom is 0.239 e. The lowest BCUT2D eigenvalue weighted by Gasteiger charge is -2.25. The maximum absolute atomic E-state index is 11.6. The third-order valence-corrected chi connectivity index (χ3v) is 3.24. The van der Waals surface area contributed by atoms with E-state index in [-0.39, 0.29) is 5.91 Å². The first-order valence-corrected chi connectivity index (χ1v) is 6.30. The second-order valence-electron chi connectivity index (χ2n) is 4.68. The predicted octanol–water partition coefficient (Wildman–Crippen LogP) is 0.483. The Kier molecular flexibility index (Phi) is 3.81. The molecule has 18 heavy (non-hydrogen) atoms. The topological polar surface area (TPSA) is 71.2 Å². The lowest BCUT2D eigenvalue weighted by molar-refractivity contribution is -0.119. The van der Waals surface area contributed by atoms with Gasteiger partial charge in [0.15, 0.2) is 0 Å². The highest BCUT2D eigenvalue weighted by molar-refractivity contribution is 5.82. The molecule has 1 aromatic rings. The summed E-state index contributed by atoms with van der Waals surface area (Å²) in [6.07, 6.45) is 0.955. The van der Waals surface area contributed by atoms with Gasteiger partial charge in [0, 0.05) is 42.3 Å². The van der Waals surface area contributed by atoms with Crippen molar-refractivity contribution < 1.29 is 4.79 Å². The Balaban J connectivity index is 2.38. The second kappa shape index (κ2) is 5.35. The van der Waals surface area contributed by atoms with Crippen molar-refractivity contribution >= 4 is 11.6 Å². The molecule has 2 rings (SSSR count). The number of carbonyl (C=O) groups excluding carboxylic acids is 1. The maximum atomic E-state index is 11.6. The number of hydrogen-bond acceptors (Lipinski definition) is 4. The number of hydrogen-bond donors (Lipinski definition) is 2. The van der Waals surface area contributed by atoms with Crippen LogP contribution >= 0.6 is 0 Å². The molecule has 1 fully saturated rings. The van der Waals surface area contributed by atoms with Gasteiger partial charge in [0.2, 0.25) is 5.91 Å². The number of rotatable bonds is 2. The van der Waals surface area contributed by atoms with Gasteiger partial charge in [0.1, 0.15) is 0 Å². The van der Waals surface area contributed by atoms with Gasteiger partial charge in [0.25, 0.3) is 0 Å². The second-order valence-corrected chi connectivity index (χ2v) is 4.68. The van der Waals surface area contributed by atoms with Crippen molar-refractivity contribution in [1.82, 2.24) is 10.3 Å². The van der Waals surface area contributed by atoms with Crippen LogP contribution in [0.15, 0.2) is 6.07 Å². The molecule has 1 saturated heterocycles. The molecule has 0 atom stereocenters. The van der Waals surface area contributed by atoms with Gasteiger partial charge in [-0.3, -0.25) is 9.78 Å². The zero-order valence-electron chi connectivity index (χ0n) is 11.0. The number of anilines is 1. The van der Waals surface area contributed by atoms with Gasteiger partial charge in [-0.1, -0.05) is 0 Å². The third-order valence-electron chi connectivity index (χ3n) is 3.24. The number of aryl methyl sites for hydroxylation is 2. The minimum absolute atomic E-state index is 0.0718. The fourth-order valence-corrected chi connectivity index (χ4v) is 2.38. The van der Waals surface area contributed by atoms with Crippen molar-refractivity contribution in [3.05, 3.63) is 23.0 Å². The standard InChI is InChI=1S/C13H20N4O/c1-9-6-12(11(7-14)10(2)16-9)17-5-3-4-15-13(18)8-17/h6H,3-5,7-8,14H2,1-2H3,(H,15,18). The van der Waals surface area contributed by atoms with Crippen LogP contribution in [-0.4, -0.2) is 30.5 Å². The number of aromatic nitrogens is 1. The Morgan fingerprint density at radius 3 is 3.00 bits per heavy atom. The van der Waals surface area contributed by atoms with Gasteiger partial charge in [-0.15, -0.1) is 0 Å². The zero-order valence-corrected chi connectivity index (χ0v) is 11.0. The van der Waals surface area contributed by atoms with E-state index in [1.807, 2.05) is 19.9 Å². The highest BCUT2D eigenvalue weighted by Gasteiger charge is 2.18. The molecule has 0 spiro atoms. The monoisotopic (exact) mass is 248 g/mol. The molecular weight excluding hydrogens is 228 g/mol. The summed E-state index contributed by atoms with van der Waals surface area (Å²) in [4.78, 5) is 18.2. The minimum atomic E-state index is 0.0718. The van der Waals surface area contributed by atoms with E-state index in [0.717, 1.165) is 42.1 Å². The van der Waals surface area contributed by atoms with E-state index in [1.54, 1.807) is 0 Å². The number of nitrogens with one attached hydrogen (secondary N) is 1. The molecule has 1 aromatic heterocycles. The molecule has 0 saturated carbocycles. The van der Waals surface area contributed by atoms with Crippen molar-refractivity contribution in [1.29, 1.82) is 0 Å². The highest BCUT2D eigenvalue weighted by atomic mass is 16.2. The van der Waals surface area contributed by atoms with Gasteiger partial charge >= 0.3 is 0 Å². The van der Waals surface area contributed by atoms with Crippen LogP contribution in [0.3, 0.4) is 0 Å². The number of nitrogens with two attached hydrogens (primary N) is 1. The predicted molar refractivity (Wildman–Crippen MR) is 71.4 cm³/mol. The van der Waals surface area contributed by atoms with Gasteiger partial charge in [-0.05, 0) is 26.3 Å². The van der Waals surface area contributed by atoms with Crippen LogP contribution in [0.1, 0.15) is 23.4 Å². The number of nitrogens with zero attached hydrogens (tertiary/aromatic N) is 2. The lowest BCUT2D eigenvalue weighted by Crippen LogP contribution is -2.34. The van der Waals surface area contributed by atoms with Gasteiger partial charge in [-0.25, -0.2) is 0 Å². The summed E-state index contributed by atoms with van der Waals surface area (Å²) in [5, 5.41) is 2.88. The fourth-order valence-electron chi connectivity index (χ4n) is 2.38. The average molecular weight is 248 g/mol. The smallest absolute Gasteiger partial charge is 0.239 e. The van der Waals surface area contributed by atoms with Crippen molar-refractivity contribution in [3.8, 4) is 0 Å². The Morgan fingerprint density at radius 2 is 2.28 bits per heavy atom. The molecule has 0 aliphatic carbocycles. The van der Waals surface area contributed by atoms with E-state index in [1.165, 1.54) is 0 Å². The summed E-state index contributed by atoms with van der Waals surface area (Å²) < 4.78 is 0. The molecular formula is C13H20N4O. The third kappa shape index (κ3) is 2.61. The number of pyridine rings is 1. The SMILES string of the molecule is Cc1cc(N2CCCNC(=O)C2)c(CN)c(C)n1. The van der Waals surface area contributed by atoms with Crippen LogP contribution in [0.25, 0.3) is 0 Å². The molecule has 0 bridgehead atoms. The molecule has 5 heteroatoms. The summed E-state index contributed by atoms with van der Waals surface area (Å²) in [6, 6.07) is 2.02. The first-order valence-electron chi connectivity index (χ1n) is 6.30. The number of amides is 1. The van der Waals surface area contributed by atoms with E-state index >= 15 is 0 Å². The van der Waals surface area contributed by atoms with E-state index in [9.17, 15) is 4.79 Å². The molecule has 3 N–H and O–H groups in total. The lowest BCUT2D eigenvalue weighted by atomic mass is 10.1. The zero-order chi connectivity index (χ0) is 13.1. The Labute approximate surface area is 107 Å². The molecule has 1 aliphatic heterocycles. The molecule has 0 unspecified atom stereocenters. The molecule has 5 nitrogen and oxygen atoms in total. The average Bonchev–Trinajstić information content (AvgIpc) is 2.53. The summed E-state index contributed by atoms with van der Waals surface area (Å²) >= 11 is 0. The van der Waals surface area contributed by atoms with E-state index in [2.05, 4.69) is 15.2 Å². The molecule has 0 radical (unpaired) electrons. The fraction of sp³-hybridized carbons (Fsp3) is 0.538. The van der Waals surface area contributed by atoms with Crippen LogP contribution in [0, 0.1) is 13.8 Å². The summed E-state index contributed by atoms with van der Waals surface area (Å²) in [5.41, 5.74) is 9.83. The number of carbonyl (C=O) groups is 1. The Hall–Kier alpha value is -1.62. The van der Waals surface area contributed by atoms with Gasteiger partial charge < -0.3 is 16.0 Å². The van der Waals surface area contributed by atoms with Gasteiger partial charge in [-0.2, -0.15) is 0 Å². The minimum Gasteiger partial charge on any atom is -0.362 e. The van der Waals surface area contributed by atoms with Crippen LogP contribution in [-0.2, 0) is 11.3 Å². The molecule has 1 amide bonds. The van der Waals surface area contributed by atoms with Crippen molar-refractivity contribution in [2.45, 2.75) is 26.8 Å². The first kappa shape index (κ1) is 12.8. The van der Waals surface area contributed by atoms with Crippen LogP contribution in [0.4, 0.5) is 5.69 Å². The summed E-state index contributed by atoms with van der Waals surface area (Å²) in [7, 11) is 0. The first-order chi connectivity index (χ1) is 8.61. The van der Waals surface area contributed by atoms with E-state index in [4.69, 9.17) is 5.73 Å². The van der Waals surface area contributed by atoms with Crippen molar-refractivity contribution in [2.75, 3.05) is 24.5 Å². The summed E-state index contributed by atoms with van der Waals surface area (Å²) in [6.45, 7) is 6.40.